The summed E-state index contributed by atoms with van der Waals surface area (Å²) in [5.41, 5.74) is 0.428. The van der Waals surface area contributed by atoms with Gasteiger partial charge in [-0.3, -0.25) is 0 Å². The molecule has 0 saturated carbocycles. The fourth-order valence-electron chi connectivity index (χ4n) is 1.29. The van der Waals surface area contributed by atoms with Crippen molar-refractivity contribution in [3.63, 3.8) is 0 Å². The zero-order valence-electron chi connectivity index (χ0n) is 6.96. The van der Waals surface area contributed by atoms with Gasteiger partial charge in [0.2, 0.25) is 0 Å². The number of nitrogens with one attached hydrogen (secondary N) is 1. The van der Waals surface area contributed by atoms with Gasteiger partial charge < -0.3 is 15.0 Å². The maximum absolute atomic E-state index is 12.7. The molecule has 0 bridgehead atoms. The number of H-pyrrole nitrogens is 1. The van der Waals surface area contributed by atoms with E-state index in [2.05, 4.69) is 4.98 Å². The van der Waals surface area contributed by atoms with Crippen LogP contribution >= 0.6 is 0 Å². The lowest BCUT2D eigenvalue weighted by Crippen LogP contribution is -2.30. The minimum Gasteiger partial charge on any atom is -0.422 e. The Morgan fingerprint density at radius 2 is 1.71 bits per heavy atom. The van der Waals surface area contributed by atoms with Gasteiger partial charge in [-0.05, 0) is 12.1 Å². The Morgan fingerprint density at radius 3 is 2.36 bits per heavy atom. The zero-order chi connectivity index (χ0) is 10.3. The molecule has 3 nitrogen and oxygen atoms in total. The molecule has 72 valence electrons. The van der Waals surface area contributed by atoms with Gasteiger partial charge in [0.15, 0.2) is 11.6 Å². The summed E-state index contributed by atoms with van der Waals surface area (Å²) < 4.78 is 25.5. The molecule has 3 N–H and O–H groups in total. The van der Waals surface area contributed by atoms with Crippen molar-refractivity contribution < 1.29 is 18.8 Å². The Balaban J connectivity index is 2.66. The van der Waals surface area contributed by atoms with Gasteiger partial charge in [-0.25, -0.2) is 8.78 Å². The highest BCUT2D eigenvalue weighted by Gasteiger charge is 2.15. The van der Waals surface area contributed by atoms with Crippen LogP contribution in [-0.4, -0.2) is 22.2 Å². The van der Waals surface area contributed by atoms with Crippen molar-refractivity contribution in [2.75, 3.05) is 0 Å². The molecule has 1 aromatic carbocycles. The van der Waals surface area contributed by atoms with Gasteiger partial charge in [-0.2, -0.15) is 0 Å². The lowest BCUT2D eigenvalue weighted by atomic mass is 9.86. The van der Waals surface area contributed by atoms with Crippen LogP contribution in [0.4, 0.5) is 8.78 Å². The van der Waals surface area contributed by atoms with E-state index in [4.69, 9.17) is 10.0 Å². The first-order valence-corrected chi connectivity index (χ1v) is 3.92. The van der Waals surface area contributed by atoms with E-state index in [9.17, 15) is 8.78 Å². The van der Waals surface area contributed by atoms with Crippen LogP contribution < -0.4 is 5.59 Å². The van der Waals surface area contributed by atoms with Crippen molar-refractivity contribution in [1.82, 2.24) is 4.98 Å². The predicted molar refractivity (Wildman–Crippen MR) is 48.0 cm³/mol. The van der Waals surface area contributed by atoms with Crippen molar-refractivity contribution >= 4 is 23.6 Å². The highest BCUT2D eigenvalue weighted by Crippen LogP contribution is 2.15. The van der Waals surface area contributed by atoms with E-state index in [0.29, 0.717) is 10.9 Å². The third-order valence-corrected chi connectivity index (χ3v) is 1.96. The van der Waals surface area contributed by atoms with E-state index < -0.39 is 18.8 Å². The Hall–Kier alpha value is -1.40. The number of aromatic nitrogens is 1. The zero-order valence-corrected chi connectivity index (χ0v) is 6.96. The van der Waals surface area contributed by atoms with E-state index in [1.807, 2.05) is 0 Å². The molecule has 0 aliphatic heterocycles. The van der Waals surface area contributed by atoms with E-state index in [1.165, 1.54) is 6.07 Å². The third kappa shape index (κ3) is 1.38. The van der Waals surface area contributed by atoms with Gasteiger partial charge in [-0.1, -0.05) is 0 Å². The molecule has 14 heavy (non-hydrogen) atoms. The smallest absolute Gasteiger partial charge is 0.422 e. The molecule has 0 unspecified atom stereocenters. The summed E-state index contributed by atoms with van der Waals surface area (Å²) in [5, 5.41) is 18.0. The molecule has 0 radical (unpaired) electrons. The van der Waals surface area contributed by atoms with Crippen LogP contribution in [0.1, 0.15) is 0 Å². The standard InChI is InChI=1S/C8H6BF2NO2/c10-5-1-4-2-8(9(13)14)12-7(4)3-6(5)11/h1-3,12-14H. The first-order valence-electron chi connectivity index (χ1n) is 3.92. The van der Waals surface area contributed by atoms with Crippen molar-refractivity contribution in [2.24, 2.45) is 0 Å². The van der Waals surface area contributed by atoms with Crippen molar-refractivity contribution in [2.45, 2.75) is 0 Å². The Morgan fingerprint density at radius 1 is 1.07 bits per heavy atom. The van der Waals surface area contributed by atoms with Crippen LogP contribution in [-0.2, 0) is 0 Å². The molecule has 0 aliphatic rings. The number of fused-ring (bicyclic) bond motifs is 1. The van der Waals surface area contributed by atoms with Gasteiger partial charge in [0.25, 0.3) is 0 Å². The molecule has 0 atom stereocenters. The first kappa shape index (κ1) is 9.17. The average Bonchev–Trinajstić information content (AvgIpc) is 2.48. The highest BCUT2D eigenvalue weighted by atomic mass is 19.2. The van der Waals surface area contributed by atoms with Crippen molar-refractivity contribution in [3.8, 4) is 0 Å². The number of hydrogen-bond donors (Lipinski definition) is 3. The second-order valence-electron chi connectivity index (χ2n) is 2.95. The molecule has 0 saturated heterocycles. The third-order valence-electron chi connectivity index (χ3n) is 1.96. The second-order valence-corrected chi connectivity index (χ2v) is 2.95. The molecule has 1 heterocycles. The molecule has 6 heteroatoms. The predicted octanol–water partition coefficient (Wildman–Crippen LogP) is 0.126. The van der Waals surface area contributed by atoms with Crippen LogP contribution in [0.15, 0.2) is 18.2 Å². The van der Waals surface area contributed by atoms with Gasteiger partial charge in [0.05, 0.1) is 0 Å². The van der Waals surface area contributed by atoms with Crippen LogP contribution in [0.5, 0.6) is 0 Å². The van der Waals surface area contributed by atoms with Crippen molar-refractivity contribution in [3.05, 3.63) is 29.8 Å². The van der Waals surface area contributed by atoms with E-state index in [1.54, 1.807) is 0 Å². The quantitative estimate of drug-likeness (QED) is 0.569. The van der Waals surface area contributed by atoms with Gasteiger partial charge >= 0.3 is 7.12 Å². The average molecular weight is 197 g/mol. The van der Waals surface area contributed by atoms with Crippen LogP contribution in [0.2, 0.25) is 0 Å². The lowest BCUT2D eigenvalue weighted by molar-refractivity contribution is 0.424. The molecule has 2 aromatic rings. The van der Waals surface area contributed by atoms with E-state index >= 15 is 0 Å². The summed E-state index contributed by atoms with van der Waals surface area (Å²) in [6, 6.07) is 3.31. The molecule has 0 fully saturated rings. The van der Waals surface area contributed by atoms with Crippen LogP contribution in [0.3, 0.4) is 0 Å². The number of rotatable bonds is 1. The lowest BCUT2D eigenvalue weighted by Gasteiger charge is -1.92. The molecule has 2 rings (SSSR count). The number of hydrogen-bond acceptors (Lipinski definition) is 2. The summed E-state index contributed by atoms with van der Waals surface area (Å²) in [6.07, 6.45) is 0. The Labute approximate surface area is 78.1 Å². The Kier molecular flexibility index (Phi) is 2.01. The maximum atomic E-state index is 12.7. The van der Waals surface area contributed by atoms with Crippen LogP contribution in [0, 0.1) is 11.6 Å². The summed E-state index contributed by atoms with van der Waals surface area (Å²) in [7, 11) is -1.67. The number of benzene rings is 1. The monoisotopic (exact) mass is 197 g/mol. The molecule has 0 aliphatic carbocycles. The topological polar surface area (TPSA) is 56.2 Å². The van der Waals surface area contributed by atoms with Gasteiger partial charge in [0, 0.05) is 22.6 Å². The minimum absolute atomic E-state index is 0.102. The molecule has 0 amide bonds. The van der Waals surface area contributed by atoms with Gasteiger partial charge in [0.1, 0.15) is 0 Å². The van der Waals surface area contributed by atoms with Gasteiger partial charge in [-0.15, -0.1) is 0 Å². The number of aromatic amines is 1. The molecular weight excluding hydrogens is 191 g/mol. The second kappa shape index (κ2) is 3.07. The minimum atomic E-state index is -1.67. The molecule has 0 spiro atoms. The fourth-order valence-corrected chi connectivity index (χ4v) is 1.29. The summed E-state index contributed by atoms with van der Waals surface area (Å²) in [5.74, 6) is -1.94. The summed E-state index contributed by atoms with van der Waals surface area (Å²) >= 11 is 0. The highest BCUT2D eigenvalue weighted by molar-refractivity contribution is 6.58. The van der Waals surface area contributed by atoms with Crippen LogP contribution in [0.25, 0.3) is 10.9 Å². The SMILES string of the molecule is OB(O)c1cc2cc(F)c(F)cc2[nH]1. The molecule has 1 aromatic heterocycles. The van der Waals surface area contributed by atoms with Crippen molar-refractivity contribution in [1.29, 1.82) is 0 Å². The Bertz CT molecular complexity index is 444. The number of halogens is 2. The largest absolute Gasteiger partial charge is 0.505 e. The summed E-state index contributed by atoms with van der Waals surface area (Å²) in [6.45, 7) is 0. The fraction of sp³-hybridized carbons (Fsp3) is 0. The molecular formula is C8H6BF2NO2. The van der Waals surface area contributed by atoms with E-state index in [-0.39, 0.29) is 5.59 Å². The maximum Gasteiger partial charge on any atom is 0.505 e. The first-order chi connectivity index (χ1) is 6.58. The normalized spacial score (nSPS) is 10.9. The summed E-state index contributed by atoms with van der Waals surface area (Å²) in [4.78, 5) is 2.56. The van der Waals surface area contributed by atoms with E-state index in [0.717, 1.165) is 12.1 Å².